The fourth-order valence-electron chi connectivity index (χ4n) is 1.14. The minimum atomic E-state index is 0.782. The Hall–Kier alpha value is -1.07. The van der Waals surface area contributed by atoms with E-state index in [1.807, 2.05) is 25.1 Å². The van der Waals surface area contributed by atoms with Crippen molar-refractivity contribution >= 4 is 28.8 Å². The van der Waals surface area contributed by atoms with Gasteiger partial charge in [0.2, 0.25) is 0 Å². The van der Waals surface area contributed by atoms with Crippen molar-refractivity contribution in [3.8, 4) is 0 Å². The Morgan fingerprint density at radius 1 is 1.27 bits per heavy atom. The van der Waals surface area contributed by atoms with Gasteiger partial charge < -0.3 is 5.73 Å². The van der Waals surface area contributed by atoms with Gasteiger partial charge in [0.15, 0.2) is 4.34 Å². The zero-order chi connectivity index (χ0) is 10.8. The van der Waals surface area contributed by atoms with Gasteiger partial charge in [0, 0.05) is 10.6 Å². The summed E-state index contributed by atoms with van der Waals surface area (Å²) >= 11 is 3.21. The topological polar surface area (TPSA) is 51.8 Å². The third-order valence-electron chi connectivity index (χ3n) is 1.92. The standard InChI is InChI=1S/C10H11N3S2/c1-6-3-4-8(11)5-9(6)15-10-13-12-7(2)14-10/h3-5H,11H2,1-2H3. The fourth-order valence-corrected chi connectivity index (χ4v) is 3.05. The number of nitrogen functional groups attached to an aromatic ring is 1. The maximum atomic E-state index is 5.74. The second kappa shape index (κ2) is 4.20. The van der Waals surface area contributed by atoms with Crippen molar-refractivity contribution in [2.45, 2.75) is 23.1 Å². The number of hydrogen-bond acceptors (Lipinski definition) is 5. The predicted molar refractivity (Wildman–Crippen MR) is 64.4 cm³/mol. The predicted octanol–water partition coefficient (Wildman–Crippen LogP) is 2.89. The highest BCUT2D eigenvalue weighted by atomic mass is 32.2. The van der Waals surface area contributed by atoms with Gasteiger partial charge in [-0.25, -0.2) is 0 Å². The maximum Gasteiger partial charge on any atom is 0.179 e. The molecule has 2 aromatic rings. The summed E-state index contributed by atoms with van der Waals surface area (Å²) in [6.07, 6.45) is 0. The fraction of sp³-hybridized carbons (Fsp3) is 0.200. The molecule has 0 unspecified atom stereocenters. The molecule has 1 heterocycles. The van der Waals surface area contributed by atoms with Crippen LogP contribution in [0, 0.1) is 13.8 Å². The molecule has 0 atom stereocenters. The molecule has 3 nitrogen and oxygen atoms in total. The summed E-state index contributed by atoms with van der Waals surface area (Å²) < 4.78 is 0.959. The zero-order valence-electron chi connectivity index (χ0n) is 8.52. The first kappa shape index (κ1) is 10.4. The van der Waals surface area contributed by atoms with Crippen LogP contribution in [0.15, 0.2) is 27.4 Å². The molecular weight excluding hydrogens is 226 g/mol. The Kier molecular flexibility index (Phi) is 2.93. The summed E-state index contributed by atoms with van der Waals surface area (Å²) in [7, 11) is 0. The first-order valence-electron chi connectivity index (χ1n) is 4.49. The quantitative estimate of drug-likeness (QED) is 0.816. The number of rotatable bonds is 2. The normalized spacial score (nSPS) is 10.5. The Labute approximate surface area is 96.7 Å². The van der Waals surface area contributed by atoms with E-state index in [2.05, 4.69) is 17.1 Å². The minimum absolute atomic E-state index is 0.782. The lowest BCUT2D eigenvalue weighted by Crippen LogP contribution is -1.86. The van der Waals surface area contributed by atoms with Gasteiger partial charge >= 0.3 is 0 Å². The van der Waals surface area contributed by atoms with Gasteiger partial charge in [-0.15, -0.1) is 10.2 Å². The molecule has 0 spiro atoms. The zero-order valence-corrected chi connectivity index (χ0v) is 10.2. The number of benzene rings is 1. The van der Waals surface area contributed by atoms with Gasteiger partial charge in [-0.3, -0.25) is 0 Å². The number of aromatic nitrogens is 2. The highest BCUT2D eigenvalue weighted by Crippen LogP contribution is 2.33. The van der Waals surface area contributed by atoms with Gasteiger partial charge in [-0.1, -0.05) is 29.2 Å². The van der Waals surface area contributed by atoms with Gasteiger partial charge in [0.05, 0.1) is 0 Å². The van der Waals surface area contributed by atoms with Gasteiger partial charge in [0.25, 0.3) is 0 Å². The lowest BCUT2D eigenvalue weighted by molar-refractivity contribution is 0.983. The van der Waals surface area contributed by atoms with Crippen molar-refractivity contribution in [3.05, 3.63) is 28.8 Å². The first-order valence-corrected chi connectivity index (χ1v) is 6.12. The molecule has 0 amide bonds. The van der Waals surface area contributed by atoms with Crippen LogP contribution >= 0.6 is 23.1 Å². The summed E-state index contributed by atoms with van der Waals surface area (Å²) in [4.78, 5) is 1.14. The van der Waals surface area contributed by atoms with Crippen LogP contribution < -0.4 is 5.73 Å². The molecule has 0 radical (unpaired) electrons. The molecule has 0 saturated carbocycles. The van der Waals surface area contributed by atoms with E-state index in [9.17, 15) is 0 Å². The van der Waals surface area contributed by atoms with E-state index in [4.69, 9.17) is 5.73 Å². The van der Waals surface area contributed by atoms with Crippen LogP contribution in [0.4, 0.5) is 5.69 Å². The molecule has 2 N–H and O–H groups in total. The number of hydrogen-bond donors (Lipinski definition) is 1. The number of nitrogens with two attached hydrogens (primary N) is 1. The van der Waals surface area contributed by atoms with Crippen LogP contribution in [0.3, 0.4) is 0 Å². The van der Waals surface area contributed by atoms with Crippen molar-refractivity contribution in [2.75, 3.05) is 5.73 Å². The first-order chi connectivity index (χ1) is 7.15. The molecule has 0 aliphatic rings. The Morgan fingerprint density at radius 3 is 2.73 bits per heavy atom. The summed E-state index contributed by atoms with van der Waals surface area (Å²) in [5, 5.41) is 9.04. The molecule has 0 fully saturated rings. The second-order valence-electron chi connectivity index (χ2n) is 3.21. The lowest BCUT2D eigenvalue weighted by Gasteiger charge is -2.03. The molecule has 15 heavy (non-hydrogen) atoms. The van der Waals surface area contributed by atoms with Crippen molar-refractivity contribution < 1.29 is 0 Å². The Bertz CT molecular complexity index is 479. The van der Waals surface area contributed by atoms with E-state index in [1.54, 1.807) is 23.1 Å². The summed E-state index contributed by atoms with van der Waals surface area (Å²) in [6, 6.07) is 5.90. The number of anilines is 1. The highest BCUT2D eigenvalue weighted by molar-refractivity contribution is 8.01. The largest absolute Gasteiger partial charge is 0.399 e. The monoisotopic (exact) mass is 237 g/mol. The third-order valence-corrected chi connectivity index (χ3v) is 3.97. The van der Waals surface area contributed by atoms with Gasteiger partial charge in [-0.05, 0) is 31.5 Å². The number of nitrogens with zero attached hydrogens (tertiary/aromatic N) is 2. The SMILES string of the molecule is Cc1nnc(Sc2cc(N)ccc2C)s1. The smallest absolute Gasteiger partial charge is 0.179 e. The van der Waals surface area contributed by atoms with E-state index in [0.29, 0.717) is 0 Å². The Balaban J connectivity index is 2.27. The van der Waals surface area contributed by atoms with E-state index in [-0.39, 0.29) is 0 Å². The van der Waals surface area contributed by atoms with E-state index >= 15 is 0 Å². The lowest BCUT2D eigenvalue weighted by atomic mass is 10.2. The molecule has 0 aliphatic carbocycles. The highest BCUT2D eigenvalue weighted by Gasteiger charge is 2.05. The molecule has 0 aliphatic heterocycles. The molecule has 2 rings (SSSR count). The summed E-state index contributed by atoms with van der Waals surface area (Å²) in [6.45, 7) is 4.02. The van der Waals surface area contributed by atoms with Crippen molar-refractivity contribution in [1.29, 1.82) is 0 Å². The molecule has 5 heteroatoms. The summed E-state index contributed by atoms with van der Waals surface area (Å²) in [5.74, 6) is 0. The molecule has 1 aromatic heterocycles. The van der Waals surface area contributed by atoms with Crippen LogP contribution in [0.1, 0.15) is 10.6 Å². The van der Waals surface area contributed by atoms with E-state index in [0.717, 1.165) is 19.9 Å². The number of aryl methyl sites for hydroxylation is 2. The van der Waals surface area contributed by atoms with Crippen LogP contribution in [0.25, 0.3) is 0 Å². The molecule has 0 saturated heterocycles. The molecule has 1 aromatic carbocycles. The molecular formula is C10H11N3S2. The van der Waals surface area contributed by atoms with Crippen molar-refractivity contribution in [2.24, 2.45) is 0 Å². The Morgan fingerprint density at radius 2 is 2.07 bits per heavy atom. The van der Waals surface area contributed by atoms with E-state index < -0.39 is 0 Å². The molecule has 0 bridgehead atoms. The second-order valence-corrected chi connectivity index (χ2v) is 5.68. The summed E-state index contributed by atoms with van der Waals surface area (Å²) in [5.41, 5.74) is 7.73. The van der Waals surface area contributed by atoms with Crippen LogP contribution in [0.5, 0.6) is 0 Å². The minimum Gasteiger partial charge on any atom is -0.399 e. The maximum absolute atomic E-state index is 5.74. The van der Waals surface area contributed by atoms with E-state index in [1.165, 1.54) is 5.56 Å². The molecule has 78 valence electrons. The van der Waals surface area contributed by atoms with Crippen LogP contribution in [0.2, 0.25) is 0 Å². The van der Waals surface area contributed by atoms with Crippen molar-refractivity contribution in [3.63, 3.8) is 0 Å². The van der Waals surface area contributed by atoms with Crippen molar-refractivity contribution in [1.82, 2.24) is 10.2 Å². The average Bonchev–Trinajstić information content (AvgIpc) is 2.58. The van der Waals surface area contributed by atoms with Gasteiger partial charge in [0.1, 0.15) is 5.01 Å². The van der Waals surface area contributed by atoms with Crippen LogP contribution in [-0.4, -0.2) is 10.2 Å². The third kappa shape index (κ3) is 2.49. The van der Waals surface area contributed by atoms with Gasteiger partial charge in [-0.2, -0.15) is 0 Å². The van der Waals surface area contributed by atoms with Crippen LogP contribution in [-0.2, 0) is 0 Å². The average molecular weight is 237 g/mol.